The summed E-state index contributed by atoms with van der Waals surface area (Å²) in [6.07, 6.45) is 3.47. The summed E-state index contributed by atoms with van der Waals surface area (Å²) in [7, 11) is 0. The number of rotatable bonds is 5. The third-order valence-corrected chi connectivity index (χ3v) is 5.49. The summed E-state index contributed by atoms with van der Waals surface area (Å²) in [6.45, 7) is -0.389. The molecule has 0 aliphatic heterocycles. The lowest BCUT2D eigenvalue weighted by atomic mass is 10.1. The highest BCUT2D eigenvalue weighted by atomic mass is 32.4. The molecule has 2 heteroatoms. The quantitative estimate of drug-likeness (QED) is 0.734. The van der Waals surface area contributed by atoms with Crippen molar-refractivity contribution >= 4 is 23.8 Å². The minimum atomic E-state index is -0.389. The van der Waals surface area contributed by atoms with E-state index in [1.54, 1.807) is 0 Å². The summed E-state index contributed by atoms with van der Waals surface area (Å²) in [4.78, 5) is 0. The molecule has 2 aromatic rings. The Labute approximate surface area is 109 Å². The zero-order valence-electron chi connectivity index (χ0n) is 9.75. The van der Waals surface area contributed by atoms with Gasteiger partial charge in [-0.3, -0.25) is 0 Å². The predicted octanol–water partition coefficient (Wildman–Crippen LogP) is 3.89. The molecular formula is C15H16PS+. The van der Waals surface area contributed by atoms with Crippen molar-refractivity contribution in [2.45, 2.75) is 12.8 Å². The van der Waals surface area contributed by atoms with Crippen LogP contribution in [0.15, 0.2) is 60.7 Å². The Kier molecular flexibility index (Phi) is 4.85. The van der Waals surface area contributed by atoms with Crippen molar-refractivity contribution in [3.8, 4) is 0 Å². The maximum absolute atomic E-state index is 5.58. The number of hydrogen-bond acceptors (Lipinski definition) is 1. The number of benzene rings is 2. The zero-order valence-corrected chi connectivity index (χ0v) is 11.5. The van der Waals surface area contributed by atoms with Crippen LogP contribution in [0.4, 0.5) is 0 Å². The molecule has 0 spiro atoms. The van der Waals surface area contributed by atoms with Crippen LogP contribution in [0.1, 0.15) is 12.0 Å². The molecule has 1 unspecified atom stereocenters. The first-order valence-corrected chi connectivity index (χ1v) is 8.44. The maximum Gasteiger partial charge on any atom is 0.212 e. The summed E-state index contributed by atoms with van der Waals surface area (Å²) < 4.78 is 0. The molecule has 0 aliphatic rings. The van der Waals surface area contributed by atoms with Crippen molar-refractivity contribution in [1.82, 2.24) is 0 Å². The topological polar surface area (TPSA) is 0 Å². The molecule has 0 aromatic heterocycles. The lowest BCUT2D eigenvalue weighted by Crippen LogP contribution is -1.97. The van der Waals surface area contributed by atoms with Gasteiger partial charge in [-0.25, -0.2) is 0 Å². The Hall–Kier alpha value is -1.04. The first-order valence-electron chi connectivity index (χ1n) is 5.90. The molecule has 1 atom stereocenters. The third kappa shape index (κ3) is 4.03. The van der Waals surface area contributed by atoms with Gasteiger partial charge in [0.25, 0.3) is 0 Å². The van der Waals surface area contributed by atoms with Gasteiger partial charge in [0.15, 0.2) is 17.1 Å². The molecule has 0 fully saturated rings. The summed E-state index contributed by atoms with van der Waals surface area (Å²) >= 11 is 5.58. The van der Waals surface area contributed by atoms with E-state index in [1.807, 2.05) is 6.07 Å². The van der Waals surface area contributed by atoms with E-state index < -0.39 is 0 Å². The van der Waals surface area contributed by atoms with Gasteiger partial charge in [-0.1, -0.05) is 48.5 Å². The first kappa shape index (κ1) is 12.4. The van der Waals surface area contributed by atoms with Crippen molar-refractivity contribution in [3.05, 3.63) is 66.2 Å². The molecule has 0 N–H and O–H groups in total. The van der Waals surface area contributed by atoms with Crippen molar-refractivity contribution < 1.29 is 0 Å². The SMILES string of the molecule is S=[P+](CCCc1ccccc1)c1ccccc1. The lowest BCUT2D eigenvalue weighted by Gasteiger charge is -1.97. The molecule has 0 nitrogen and oxygen atoms in total. The van der Waals surface area contributed by atoms with Crippen molar-refractivity contribution in [1.29, 1.82) is 0 Å². The predicted molar refractivity (Wildman–Crippen MR) is 80.0 cm³/mol. The van der Waals surface area contributed by atoms with E-state index >= 15 is 0 Å². The van der Waals surface area contributed by atoms with E-state index in [1.165, 1.54) is 17.3 Å². The molecule has 0 radical (unpaired) electrons. The molecule has 0 bridgehead atoms. The Morgan fingerprint density at radius 3 is 2.06 bits per heavy atom. The number of hydrogen-bond donors (Lipinski definition) is 0. The second-order valence-corrected chi connectivity index (χ2v) is 7.07. The fraction of sp³-hybridized carbons (Fsp3) is 0.200. The molecular weight excluding hydrogens is 243 g/mol. The largest absolute Gasteiger partial charge is 0.212 e. The fourth-order valence-electron chi connectivity index (χ4n) is 1.79. The monoisotopic (exact) mass is 259 g/mol. The van der Waals surface area contributed by atoms with Gasteiger partial charge in [-0.15, -0.1) is 0 Å². The lowest BCUT2D eigenvalue weighted by molar-refractivity contribution is 0.932. The highest BCUT2D eigenvalue weighted by molar-refractivity contribution is 8.08. The van der Waals surface area contributed by atoms with Gasteiger partial charge in [0, 0.05) is 0 Å². The minimum Gasteiger partial charge on any atom is -0.0622 e. The van der Waals surface area contributed by atoms with E-state index in [9.17, 15) is 0 Å². The Bertz CT molecular complexity index is 465. The molecule has 2 rings (SSSR count). The average molecular weight is 259 g/mol. The molecule has 0 amide bonds. The van der Waals surface area contributed by atoms with Crippen LogP contribution in [-0.2, 0) is 18.2 Å². The van der Waals surface area contributed by atoms with Crippen LogP contribution in [0.2, 0.25) is 0 Å². The fourth-order valence-corrected chi connectivity index (χ4v) is 3.76. The summed E-state index contributed by atoms with van der Waals surface area (Å²) in [5, 5.41) is 1.34. The maximum atomic E-state index is 5.58. The van der Waals surface area contributed by atoms with Crippen LogP contribution >= 0.6 is 6.70 Å². The first-order chi connectivity index (χ1) is 8.36. The van der Waals surface area contributed by atoms with E-state index in [2.05, 4.69) is 54.6 Å². The molecule has 0 saturated carbocycles. The molecule has 0 aliphatic carbocycles. The zero-order chi connectivity index (χ0) is 11.9. The highest BCUT2D eigenvalue weighted by Crippen LogP contribution is 2.21. The van der Waals surface area contributed by atoms with Gasteiger partial charge in [-0.05, 0) is 30.5 Å². The summed E-state index contributed by atoms with van der Waals surface area (Å²) in [5.41, 5.74) is 1.42. The second kappa shape index (κ2) is 6.64. The van der Waals surface area contributed by atoms with Crippen LogP contribution in [0.5, 0.6) is 0 Å². The van der Waals surface area contributed by atoms with Crippen LogP contribution in [-0.4, -0.2) is 6.16 Å². The van der Waals surface area contributed by atoms with Crippen LogP contribution < -0.4 is 5.30 Å². The third-order valence-electron chi connectivity index (χ3n) is 2.71. The molecule has 17 heavy (non-hydrogen) atoms. The van der Waals surface area contributed by atoms with Crippen LogP contribution in [0, 0.1) is 0 Å². The van der Waals surface area contributed by atoms with Crippen molar-refractivity contribution in [3.63, 3.8) is 0 Å². The van der Waals surface area contributed by atoms with Gasteiger partial charge >= 0.3 is 0 Å². The summed E-state index contributed by atoms with van der Waals surface area (Å²) in [6, 6.07) is 21.2. The van der Waals surface area contributed by atoms with Gasteiger partial charge < -0.3 is 0 Å². The van der Waals surface area contributed by atoms with Gasteiger partial charge in [-0.2, -0.15) is 0 Å². The average Bonchev–Trinajstić information content (AvgIpc) is 2.41. The standard InChI is InChI=1S/C15H16PS/c17-16(15-11-5-2-6-12-15)13-7-10-14-8-3-1-4-9-14/h1-6,8-9,11-12H,7,10,13H2/q+1. The Balaban J connectivity index is 1.82. The Morgan fingerprint density at radius 1 is 0.824 bits per heavy atom. The van der Waals surface area contributed by atoms with E-state index in [0.717, 1.165) is 12.6 Å². The van der Waals surface area contributed by atoms with Crippen LogP contribution in [0.25, 0.3) is 0 Å². The van der Waals surface area contributed by atoms with E-state index in [4.69, 9.17) is 11.8 Å². The van der Waals surface area contributed by atoms with Crippen LogP contribution in [0.3, 0.4) is 0 Å². The highest BCUT2D eigenvalue weighted by Gasteiger charge is 2.12. The van der Waals surface area contributed by atoms with E-state index in [0.29, 0.717) is 0 Å². The van der Waals surface area contributed by atoms with Crippen molar-refractivity contribution in [2.24, 2.45) is 0 Å². The smallest absolute Gasteiger partial charge is 0.0622 e. The van der Waals surface area contributed by atoms with Gasteiger partial charge in [0.1, 0.15) is 6.16 Å². The van der Waals surface area contributed by atoms with Crippen molar-refractivity contribution in [2.75, 3.05) is 6.16 Å². The minimum absolute atomic E-state index is 0.389. The molecule has 2 aromatic carbocycles. The molecule has 86 valence electrons. The summed E-state index contributed by atoms with van der Waals surface area (Å²) in [5.74, 6) is 0. The molecule has 0 saturated heterocycles. The van der Waals surface area contributed by atoms with Gasteiger partial charge in [0.2, 0.25) is 6.70 Å². The van der Waals surface area contributed by atoms with Gasteiger partial charge in [0.05, 0.1) is 0 Å². The molecule has 0 heterocycles. The second-order valence-electron chi connectivity index (χ2n) is 4.03. The van der Waals surface area contributed by atoms with E-state index in [-0.39, 0.29) is 6.70 Å². The normalized spacial score (nSPS) is 11.2. The Morgan fingerprint density at radius 2 is 1.41 bits per heavy atom. The number of aryl methyl sites for hydroxylation is 1.